The Labute approximate surface area is 169 Å². The number of thiazole rings is 1. The quantitative estimate of drug-likeness (QED) is 0.294. The molecule has 0 saturated carbocycles. The number of aryl methyl sites for hydroxylation is 1. The first kappa shape index (κ1) is 23.8. The van der Waals surface area contributed by atoms with Gasteiger partial charge in [-0.05, 0) is 63.9 Å². The number of nitrogens with zero attached hydrogens (tertiary/aromatic N) is 1. The van der Waals surface area contributed by atoms with Gasteiger partial charge >= 0.3 is 5.97 Å². The first-order valence-electron chi connectivity index (χ1n) is 9.49. The molecule has 6 heteroatoms. The number of carbonyl (C=O) groups is 1. The number of aromatic nitrogens is 1. The second-order valence-electron chi connectivity index (χ2n) is 8.39. The number of hydrogen-bond donors (Lipinski definition) is 0. The predicted molar refractivity (Wildman–Crippen MR) is 118 cm³/mol. The molecular weight excluding hydrogens is 374 g/mol. The van der Waals surface area contributed by atoms with Crippen LogP contribution in [0.25, 0.3) is 6.08 Å². The van der Waals surface area contributed by atoms with Gasteiger partial charge in [-0.15, -0.1) is 11.3 Å². The summed E-state index contributed by atoms with van der Waals surface area (Å²) in [4.78, 5) is 16.5. The van der Waals surface area contributed by atoms with E-state index in [0.717, 1.165) is 16.3 Å². The van der Waals surface area contributed by atoms with Crippen molar-refractivity contribution in [2.45, 2.75) is 79.1 Å². The molecule has 0 spiro atoms. The molecule has 0 saturated heterocycles. The molecule has 1 heterocycles. The minimum absolute atomic E-state index is 0.0859. The molecule has 1 atom stereocenters. The Morgan fingerprint density at radius 1 is 1.33 bits per heavy atom. The highest BCUT2D eigenvalue weighted by Crippen LogP contribution is 2.38. The average molecular weight is 410 g/mol. The van der Waals surface area contributed by atoms with Gasteiger partial charge in [0.05, 0.1) is 23.4 Å². The molecule has 0 aliphatic carbocycles. The summed E-state index contributed by atoms with van der Waals surface area (Å²) in [6.45, 7) is 19.3. The zero-order valence-electron chi connectivity index (χ0n) is 18.3. The Kier molecular flexibility index (Phi) is 8.64. The molecule has 0 aromatic carbocycles. The van der Waals surface area contributed by atoms with Crippen LogP contribution in [0, 0.1) is 6.92 Å². The van der Waals surface area contributed by atoms with Crippen molar-refractivity contribution in [3.05, 3.63) is 33.3 Å². The molecule has 0 amide bonds. The van der Waals surface area contributed by atoms with E-state index in [1.54, 1.807) is 18.3 Å². The topological polar surface area (TPSA) is 48.4 Å². The van der Waals surface area contributed by atoms with Crippen LogP contribution in [0.5, 0.6) is 0 Å². The van der Waals surface area contributed by atoms with Crippen molar-refractivity contribution >= 4 is 31.7 Å². The summed E-state index contributed by atoms with van der Waals surface area (Å²) in [7, 11) is -1.96. The van der Waals surface area contributed by atoms with Gasteiger partial charge in [0.2, 0.25) is 0 Å². The summed E-state index contributed by atoms with van der Waals surface area (Å²) in [5, 5.41) is 3.22. The number of carbonyl (C=O) groups excluding carboxylic acids is 1. The fourth-order valence-corrected chi connectivity index (χ4v) is 4.16. The maximum Gasteiger partial charge on any atom is 0.333 e. The Bertz CT molecular complexity index is 699. The summed E-state index contributed by atoms with van der Waals surface area (Å²) in [5.41, 5.74) is 2.71. The van der Waals surface area contributed by atoms with Gasteiger partial charge in [0.1, 0.15) is 0 Å². The molecule has 1 aromatic rings. The summed E-state index contributed by atoms with van der Waals surface area (Å²) < 4.78 is 11.8. The number of ether oxygens (including phenoxy) is 1. The number of hydrogen-bond acceptors (Lipinski definition) is 5. The Balaban J connectivity index is 3.10. The van der Waals surface area contributed by atoms with Crippen LogP contribution >= 0.6 is 11.3 Å². The van der Waals surface area contributed by atoms with E-state index in [2.05, 4.69) is 57.2 Å². The minimum atomic E-state index is -1.96. The molecule has 4 nitrogen and oxygen atoms in total. The van der Waals surface area contributed by atoms with Crippen LogP contribution < -0.4 is 0 Å². The van der Waals surface area contributed by atoms with E-state index in [1.807, 2.05) is 19.9 Å². The number of esters is 1. The van der Waals surface area contributed by atoms with E-state index in [1.165, 1.54) is 0 Å². The van der Waals surface area contributed by atoms with Gasteiger partial charge in [-0.2, -0.15) is 0 Å². The maximum atomic E-state index is 11.9. The molecular formula is C21H35NO3SSi. The molecule has 0 unspecified atom stereocenters. The average Bonchev–Trinajstić information content (AvgIpc) is 2.94. The zero-order valence-corrected chi connectivity index (χ0v) is 20.1. The van der Waals surface area contributed by atoms with Crippen LogP contribution in [0.2, 0.25) is 18.1 Å². The van der Waals surface area contributed by atoms with Crippen LogP contribution in [-0.4, -0.2) is 32.0 Å². The van der Waals surface area contributed by atoms with Crippen molar-refractivity contribution < 1.29 is 14.0 Å². The SMILES string of the molecule is CCOC(=O)/C(C)=C\C[C@@H](O[Si](C)(C)C(C)(C)C)/C(C)=C/c1csc(C)n1. The van der Waals surface area contributed by atoms with Crippen molar-refractivity contribution in [2.75, 3.05) is 6.61 Å². The van der Waals surface area contributed by atoms with Gasteiger partial charge in [0.25, 0.3) is 0 Å². The molecule has 0 N–H and O–H groups in total. The highest BCUT2D eigenvalue weighted by atomic mass is 32.1. The van der Waals surface area contributed by atoms with E-state index >= 15 is 0 Å². The van der Waals surface area contributed by atoms with Crippen molar-refractivity contribution in [3.63, 3.8) is 0 Å². The van der Waals surface area contributed by atoms with E-state index < -0.39 is 8.32 Å². The molecule has 0 radical (unpaired) electrons. The van der Waals surface area contributed by atoms with Gasteiger partial charge in [-0.1, -0.05) is 26.8 Å². The van der Waals surface area contributed by atoms with Crippen molar-refractivity contribution in [1.29, 1.82) is 0 Å². The summed E-state index contributed by atoms with van der Waals surface area (Å²) >= 11 is 1.64. The van der Waals surface area contributed by atoms with Gasteiger partial charge < -0.3 is 9.16 Å². The molecule has 0 bridgehead atoms. The standard InChI is InChI=1S/C21H35NO3SSi/c1-10-24-20(23)15(2)11-12-19(25-27(8,9)21(5,6)7)16(3)13-18-14-26-17(4)22-18/h11,13-14,19H,10,12H2,1-9H3/b15-11-,16-13+/t19-/m1/s1. The van der Waals surface area contributed by atoms with E-state index in [4.69, 9.17) is 9.16 Å². The second-order valence-corrected chi connectivity index (χ2v) is 14.2. The van der Waals surface area contributed by atoms with Crippen LogP contribution in [0.15, 0.2) is 22.6 Å². The van der Waals surface area contributed by atoms with Crippen molar-refractivity contribution in [1.82, 2.24) is 4.98 Å². The van der Waals surface area contributed by atoms with Crippen LogP contribution in [0.4, 0.5) is 0 Å². The number of rotatable bonds is 8. The molecule has 0 aliphatic rings. The first-order chi connectivity index (χ1) is 12.4. The highest BCUT2D eigenvalue weighted by molar-refractivity contribution is 7.09. The van der Waals surface area contributed by atoms with Gasteiger partial charge in [0, 0.05) is 11.0 Å². The van der Waals surface area contributed by atoms with E-state index in [-0.39, 0.29) is 17.1 Å². The lowest BCUT2D eigenvalue weighted by Crippen LogP contribution is -2.44. The summed E-state index contributed by atoms with van der Waals surface area (Å²) in [6.07, 6.45) is 4.58. The monoisotopic (exact) mass is 409 g/mol. The third kappa shape index (κ3) is 7.35. The first-order valence-corrected chi connectivity index (χ1v) is 13.3. The largest absolute Gasteiger partial charge is 0.463 e. The van der Waals surface area contributed by atoms with Crippen LogP contribution in [0.1, 0.15) is 58.7 Å². The van der Waals surface area contributed by atoms with Gasteiger partial charge in [0.15, 0.2) is 8.32 Å². The smallest absolute Gasteiger partial charge is 0.333 e. The van der Waals surface area contributed by atoms with Gasteiger partial charge in [-0.25, -0.2) is 9.78 Å². The lowest BCUT2D eigenvalue weighted by Gasteiger charge is -2.39. The Morgan fingerprint density at radius 2 is 1.96 bits per heavy atom. The second kappa shape index (κ2) is 9.80. The fraction of sp³-hybridized carbons (Fsp3) is 0.619. The Morgan fingerprint density at radius 3 is 2.44 bits per heavy atom. The third-order valence-electron chi connectivity index (χ3n) is 5.00. The zero-order chi connectivity index (χ0) is 20.8. The molecule has 1 aromatic heterocycles. The normalized spacial score (nSPS) is 15.0. The maximum absolute atomic E-state index is 11.9. The summed E-state index contributed by atoms with van der Waals surface area (Å²) in [5.74, 6) is -0.264. The minimum Gasteiger partial charge on any atom is -0.463 e. The highest BCUT2D eigenvalue weighted by Gasteiger charge is 2.39. The van der Waals surface area contributed by atoms with E-state index in [0.29, 0.717) is 18.6 Å². The molecule has 0 fully saturated rings. The van der Waals surface area contributed by atoms with E-state index in [9.17, 15) is 4.79 Å². The molecule has 1 rings (SSSR count). The molecule has 27 heavy (non-hydrogen) atoms. The van der Waals surface area contributed by atoms with Gasteiger partial charge in [-0.3, -0.25) is 0 Å². The van der Waals surface area contributed by atoms with Crippen molar-refractivity contribution in [2.24, 2.45) is 0 Å². The van der Waals surface area contributed by atoms with Crippen LogP contribution in [0.3, 0.4) is 0 Å². The lowest BCUT2D eigenvalue weighted by molar-refractivity contribution is -0.138. The Hall–Kier alpha value is -1.24. The fourth-order valence-electron chi connectivity index (χ4n) is 2.24. The van der Waals surface area contributed by atoms with Crippen LogP contribution in [-0.2, 0) is 14.0 Å². The van der Waals surface area contributed by atoms with Crippen molar-refractivity contribution in [3.8, 4) is 0 Å². The third-order valence-corrected chi connectivity index (χ3v) is 10.3. The predicted octanol–water partition coefficient (Wildman–Crippen LogP) is 6.14. The molecule has 152 valence electrons. The summed E-state index contributed by atoms with van der Waals surface area (Å²) in [6, 6.07) is 0. The molecule has 0 aliphatic heterocycles. The lowest BCUT2D eigenvalue weighted by atomic mass is 10.1.